The van der Waals surface area contributed by atoms with Crippen LogP contribution < -0.4 is 19.6 Å². The number of fused-ring (bicyclic) bond motifs is 10. The highest BCUT2D eigenvalue weighted by atomic mass is 15.2. The zero-order chi connectivity index (χ0) is 52.4. The Labute approximate surface area is 458 Å². The smallest absolute Gasteiger partial charge is 0.0728 e. The lowest BCUT2D eigenvalue weighted by atomic mass is 9.70. The lowest BCUT2D eigenvalue weighted by Crippen LogP contribution is -2.27. The Bertz CT molecular complexity index is 3600. The van der Waals surface area contributed by atoms with Crippen LogP contribution in [0.5, 0.6) is 0 Å². The minimum Gasteiger partial charge on any atom is -0.311 e. The van der Waals surface area contributed by atoms with Crippen molar-refractivity contribution < 1.29 is 0 Å². The molecule has 0 aromatic heterocycles. The average molecular weight is 1000 g/mol. The van der Waals surface area contributed by atoms with Gasteiger partial charge in [-0.05, 0) is 197 Å². The highest BCUT2D eigenvalue weighted by Crippen LogP contribution is 2.65. The molecule has 0 heterocycles. The third kappa shape index (κ3) is 8.19. The zero-order valence-corrected chi connectivity index (χ0v) is 43.4. The van der Waals surface area contributed by atoms with Crippen molar-refractivity contribution in [2.75, 3.05) is 19.6 Å². The molecule has 372 valence electrons. The van der Waals surface area contributed by atoms with Crippen LogP contribution in [0, 0.1) is 0 Å². The van der Waals surface area contributed by atoms with Crippen molar-refractivity contribution in [3.63, 3.8) is 0 Å². The Morgan fingerprint density at radius 1 is 0.308 bits per heavy atom. The van der Waals surface area contributed by atoms with E-state index >= 15 is 0 Å². The summed E-state index contributed by atoms with van der Waals surface area (Å²) < 4.78 is 0. The minimum absolute atomic E-state index is 0.839. The molecule has 11 aromatic rings. The molecule has 0 N–H and O–H groups in total. The molecule has 13 rings (SSSR count). The fourth-order valence-corrected chi connectivity index (χ4v) is 12.0. The van der Waals surface area contributed by atoms with Crippen LogP contribution in [0.4, 0.5) is 62.6 Å². The topological polar surface area (TPSA) is 13.0 Å². The first kappa shape index (κ1) is 47.5. The Hall–Kier alpha value is -10.2. The lowest BCUT2D eigenvalue weighted by Gasteiger charge is -2.35. The number of hydrogen-bond acceptors (Lipinski definition) is 4. The lowest BCUT2D eigenvalue weighted by molar-refractivity contribution is 0.793. The predicted octanol–water partition coefficient (Wildman–Crippen LogP) is 20.2. The SMILES string of the molecule is C=C/C(=C\C=C/C)N(c1ccccc1)c1ccc2c(c1)C1(c3cc(N(c4ccccc4)c4ccccc4)ccc3-2)c2cc(N(c3ccccc3)c3ccccc3)ccc2-c2ccc(N(c3ccccc3)c3ccccc3)cc21. The number of para-hydroxylation sites is 7. The fourth-order valence-electron chi connectivity index (χ4n) is 12.0. The summed E-state index contributed by atoms with van der Waals surface area (Å²) in [5.41, 5.74) is 21.5. The maximum absolute atomic E-state index is 4.39. The number of hydrogen-bond donors (Lipinski definition) is 0. The van der Waals surface area contributed by atoms with Crippen LogP contribution in [0.15, 0.2) is 322 Å². The average Bonchev–Trinajstić information content (AvgIpc) is 3.63. The van der Waals surface area contributed by atoms with Gasteiger partial charge < -0.3 is 19.6 Å². The summed E-state index contributed by atoms with van der Waals surface area (Å²) in [4.78, 5) is 9.52. The number of benzene rings is 11. The van der Waals surface area contributed by atoms with Crippen molar-refractivity contribution in [3.05, 3.63) is 344 Å². The first-order valence-corrected chi connectivity index (χ1v) is 26.7. The van der Waals surface area contributed by atoms with Crippen LogP contribution in [0.3, 0.4) is 0 Å². The van der Waals surface area contributed by atoms with Crippen LogP contribution in [0.1, 0.15) is 29.2 Å². The van der Waals surface area contributed by atoms with E-state index < -0.39 is 5.41 Å². The van der Waals surface area contributed by atoms with E-state index in [1.165, 1.54) is 44.5 Å². The largest absolute Gasteiger partial charge is 0.311 e. The standard InChI is InChI=1S/C74H56N4/c1-3-5-27-54(4-2)75(55-28-13-6-14-29-55)62-42-46-66-67-47-43-63(76(56-30-15-7-16-31-56)57-32-17-8-18-33-57)51-71(67)74(70(66)50-62)72-52-64(77(58-34-19-9-20-35-58)59-36-21-10-22-37-59)44-48-68(72)69-49-45-65(53-73(69)74)78(60-38-23-11-24-39-60)61-40-25-12-26-41-61/h3-53H,2H2,1H3/b5-3-,54-27+. The van der Waals surface area contributed by atoms with Gasteiger partial charge in [0.15, 0.2) is 0 Å². The van der Waals surface area contributed by atoms with Gasteiger partial charge >= 0.3 is 0 Å². The summed E-state index contributed by atoms with van der Waals surface area (Å²) in [6.45, 7) is 6.44. The van der Waals surface area contributed by atoms with Crippen LogP contribution in [0.2, 0.25) is 0 Å². The van der Waals surface area contributed by atoms with Gasteiger partial charge in [0, 0.05) is 68.3 Å². The van der Waals surface area contributed by atoms with Gasteiger partial charge in [-0.3, -0.25) is 0 Å². The molecule has 0 unspecified atom stereocenters. The normalized spacial score (nSPS) is 12.6. The summed E-state index contributed by atoms with van der Waals surface area (Å²) >= 11 is 0. The number of nitrogens with zero attached hydrogens (tertiary/aromatic N) is 4. The summed E-state index contributed by atoms with van der Waals surface area (Å²) in [5.74, 6) is 0. The molecule has 0 radical (unpaired) electrons. The maximum atomic E-state index is 4.39. The minimum atomic E-state index is -0.839. The summed E-state index contributed by atoms with van der Waals surface area (Å²) in [7, 11) is 0. The summed E-state index contributed by atoms with van der Waals surface area (Å²) in [6.07, 6.45) is 8.26. The summed E-state index contributed by atoms with van der Waals surface area (Å²) in [5, 5.41) is 0. The Balaban J connectivity index is 1.15. The molecule has 0 bridgehead atoms. The van der Waals surface area contributed by atoms with E-state index in [2.05, 4.69) is 336 Å². The Morgan fingerprint density at radius 3 is 0.833 bits per heavy atom. The first-order valence-electron chi connectivity index (χ1n) is 26.7. The van der Waals surface area contributed by atoms with Gasteiger partial charge in [0.05, 0.1) is 5.41 Å². The van der Waals surface area contributed by atoms with Crippen LogP contribution in [-0.4, -0.2) is 0 Å². The van der Waals surface area contributed by atoms with Crippen LogP contribution in [0.25, 0.3) is 22.3 Å². The molecule has 0 atom stereocenters. The van der Waals surface area contributed by atoms with E-state index in [0.29, 0.717) is 0 Å². The number of anilines is 11. The van der Waals surface area contributed by atoms with Crippen molar-refractivity contribution in [1.29, 1.82) is 0 Å². The van der Waals surface area contributed by atoms with Gasteiger partial charge in [-0.1, -0.05) is 170 Å². The van der Waals surface area contributed by atoms with Gasteiger partial charge in [0.25, 0.3) is 0 Å². The molecule has 0 saturated heterocycles. The highest BCUT2D eigenvalue weighted by Gasteiger charge is 2.53. The Morgan fingerprint density at radius 2 is 0.564 bits per heavy atom. The van der Waals surface area contributed by atoms with E-state index in [0.717, 1.165) is 68.3 Å². The number of rotatable bonds is 14. The molecule has 4 nitrogen and oxygen atoms in total. The second-order valence-corrected chi connectivity index (χ2v) is 19.7. The van der Waals surface area contributed by atoms with Crippen LogP contribution >= 0.6 is 0 Å². The van der Waals surface area contributed by atoms with Gasteiger partial charge in [-0.2, -0.15) is 0 Å². The molecule has 4 heteroatoms. The van der Waals surface area contributed by atoms with E-state index in [1.54, 1.807) is 0 Å². The van der Waals surface area contributed by atoms with Crippen molar-refractivity contribution in [3.8, 4) is 22.3 Å². The third-order valence-electron chi connectivity index (χ3n) is 15.3. The molecule has 78 heavy (non-hydrogen) atoms. The van der Waals surface area contributed by atoms with E-state index in [-0.39, 0.29) is 0 Å². The molecule has 2 aliphatic rings. The Kier molecular flexibility index (Phi) is 12.5. The maximum Gasteiger partial charge on any atom is 0.0728 e. The molecule has 0 saturated carbocycles. The summed E-state index contributed by atoms with van der Waals surface area (Å²) in [6, 6.07) is 104. The molecule has 2 aliphatic carbocycles. The van der Waals surface area contributed by atoms with Gasteiger partial charge in [0.2, 0.25) is 0 Å². The van der Waals surface area contributed by atoms with Crippen molar-refractivity contribution in [2.24, 2.45) is 0 Å². The van der Waals surface area contributed by atoms with Crippen LogP contribution in [-0.2, 0) is 5.41 Å². The molecule has 1 spiro atoms. The fraction of sp³-hybridized carbons (Fsp3) is 0.0270. The van der Waals surface area contributed by atoms with Gasteiger partial charge in [-0.15, -0.1) is 0 Å². The van der Waals surface area contributed by atoms with Crippen molar-refractivity contribution in [2.45, 2.75) is 12.3 Å². The van der Waals surface area contributed by atoms with E-state index in [4.69, 9.17) is 0 Å². The van der Waals surface area contributed by atoms with Crippen molar-refractivity contribution >= 4 is 62.6 Å². The van der Waals surface area contributed by atoms with Crippen molar-refractivity contribution in [1.82, 2.24) is 0 Å². The van der Waals surface area contributed by atoms with E-state index in [1.807, 2.05) is 6.08 Å². The van der Waals surface area contributed by atoms with E-state index in [9.17, 15) is 0 Å². The second kappa shape index (κ2) is 20.5. The first-order chi connectivity index (χ1) is 38.6. The van der Waals surface area contributed by atoms with Gasteiger partial charge in [0.1, 0.15) is 0 Å². The molecule has 0 aliphatic heterocycles. The quantitative estimate of drug-likeness (QED) is 0.101. The molecule has 0 fully saturated rings. The molecular formula is C74H56N4. The monoisotopic (exact) mass is 1000 g/mol. The third-order valence-corrected chi connectivity index (χ3v) is 15.3. The predicted molar refractivity (Wildman–Crippen MR) is 328 cm³/mol. The van der Waals surface area contributed by atoms with Gasteiger partial charge in [-0.25, -0.2) is 0 Å². The molecule has 0 amide bonds. The number of allylic oxidation sites excluding steroid dienone is 4. The zero-order valence-electron chi connectivity index (χ0n) is 43.4. The molecular weight excluding hydrogens is 945 g/mol. The highest BCUT2D eigenvalue weighted by molar-refractivity contribution is 5.99. The molecule has 11 aromatic carbocycles. The second-order valence-electron chi connectivity index (χ2n) is 19.7.